The molecule has 0 unspecified atom stereocenters. The van der Waals surface area contributed by atoms with Crippen LogP contribution in [-0.2, 0) is 23.1 Å². The lowest BCUT2D eigenvalue weighted by atomic mass is 10.1. The molecule has 8 nitrogen and oxygen atoms in total. The Balaban J connectivity index is 1.54. The number of benzene rings is 1. The third-order valence-electron chi connectivity index (χ3n) is 5.03. The molecule has 2 aliphatic heterocycles. The van der Waals surface area contributed by atoms with Crippen LogP contribution in [0.5, 0.6) is 5.75 Å². The Kier molecular flexibility index (Phi) is 5.17. The maximum atomic E-state index is 13.0. The first-order valence-electron chi connectivity index (χ1n) is 9.13. The van der Waals surface area contributed by atoms with Gasteiger partial charge in [0.15, 0.2) is 11.4 Å². The monoisotopic (exact) mass is 386 g/mol. The van der Waals surface area contributed by atoms with Gasteiger partial charge in [-0.3, -0.25) is 9.59 Å². The summed E-state index contributed by atoms with van der Waals surface area (Å²) in [7, 11) is 1.67. The summed E-state index contributed by atoms with van der Waals surface area (Å²) >= 11 is 0. The van der Waals surface area contributed by atoms with Crippen LogP contribution in [0.2, 0.25) is 0 Å². The van der Waals surface area contributed by atoms with Crippen molar-refractivity contribution < 1.29 is 24.1 Å². The SMILES string of the molecule is Cn1ccc(=O)c(OCc2ccccc2)c1C(=O)N[C@H]1CO[C@H]2[C@@H]1OC[C@@H]2O. The number of pyridine rings is 1. The average molecular weight is 386 g/mol. The third-order valence-corrected chi connectivity index (χ3v) is 5.03. The number of rotatable bonds is 5. The van der Waals surface area contributed by atoms with Gasteiger partial charge in [0.05, 0.1) is 19.3 Å². The van der Waals surface area contributed by atoms with Crippen LogP contribution in [0.3, 0.4) is 0 Å². The number of hydrogen-bond donors (Lipinski definition) is 2. The maximum absolute atomic E-state index is 13.0. The summed E-state index contributed by atoms with van der Waals surface area (Å²) in [5.41, 5.74) is 0.651. The summed E-state index contributed by atoms with van der Waals surface area (Å²) in [6.45, 7) is 0.586. The molecule has 2 N–H and O–H groups in total. The minimum absolute atomic E-state index is 0.00538. The van der Waals surface area contributed by atoms with Crippen molar-refractivity contribution >= 4 is 5.91 Å². The molecule has 0 radical (unpaired) electrons. The van der Waals surface area contributed by atoms with E-state index in [1.54, 1.807) is 11.6 Å². The van der Waals surface area contributed by atoms with Crippen LogP contribution in [0.4, 0.5) is 0 Å². The number of aliphatic hydroxyl groups excluding tert-OH is 1. The van der Waals surface area contributed by atoms with Gasteiger partial charge in [-0.1, -0.05) is 30.3 Å². The molecule has 2 fully saturated rings. The molecule has 2 aliphatic rings. The van der Waals surface area contributed by atoms with Crippen LogP contribution in [0.25, 0.3) is 0 Å². The molecule has 3 heterocycles. The van der Waals surface area contributed by atoms with Gasteiger partial charge in [0.1, 0.15) is 24.9 Å². The highest BCUT2D eigenvalue weighted by Gasteiger charge is 2.47. The first kappa shape index (κ1) is 18.7. The molecule has 4 atom stereocenters. The normalized spacial score (nSPS) is 26.1. The van der Waals surface area contributed by atoms with Crippen molar-refractivity contribution in [2.75, 3.05) is 13.2 Å². The lowest BCUT2D eigenvalue weighted by molar-refractivity contribution is 0.0178. The Morgan fingerprint density at radius 2 is 1.96 bits per heavy atom. The molecular formula is C20H22N2O6. The first-order valence-corrected chi connectivity index (χ1v) is 9.13. The Morgan fingerprint density at radius 1 is 1.21 bits per heavy atom. The number of ether oxygens (including phenoxy) is 3. The molecule has 2 aromatic rings. The van der Waals surface area contributed by atoms with E-state index in [1.165, 1.54) is 12.3 Å². The van der Waals surface area contributed by atoms with Crippen molar-refractivity contribution in [3.05, 3.63) is 64.1 Å². The summed E-state index contributed by atoms with van der Waals surface area (Å²) in [6, 6.07) is 10.4. The Hall–Kier alpha value is -2.68. The number of nitrogens with zero attached hydrogens (tertiary/aromatic N) is 1. The van der Waals surface area contributed by atoms with E-state index in [0.29, 0.717) is 0 Å². The van der Waals surface area contributed by atoms with Gasteiger partial charge < -0.3 is 29.2 Å². The van der Waals surface area contributed by atoms with Crippen LogP contribution >= 0.6 is 0 Å². The molecule has 2 saturated heterocycles. The summed E-state index contributed by atoms with van der Waals surface area (Å²) in [5.74, 6) is -0.461. The molecule has 1 aromatic heterocycles. The van der Waals surface area contributed by atoms with Crippen LogP contribution in [-0.4, -0.2) is 53.1 Å². The summed E-state index contributed by atoms with van der Waals surface area (Å²) in [4.78, 5) is 25.3. The van der Waals surface area contributed by atoms with Gasteiger partial charge in [0, 0.05) is 19.3 Å². The number of amides is 1. The molecule has 148 valence electrons. The number of nitrogens with one attached hydrogen (secondary N) is 1. The Labute approximate surface area is 161 Å². The van der Waals surface area contributed by atoms with Gasteiger partial charge in [-0.05, 0) is 5.56 Å². The highest BCUT2D eigenvalue weighted by molar-refractivity contribution is 5.95. The minimum atomic E-state index is -0.697. The smallest absolute Gasteiger partial charge is 0.272 e. The fourth-order valence-corrected chi connectivity index (χ4v) is 3.58. The number of hydrogen-bond acceptors (Lipinski definition) is 6. The van der Waals surface area contributed by atoms with E-state index in [4.69, 9.17) is 14.2 Å². The summed E-state index contributed by atoms with van der Waals surface area (Å²) < 4.78 is 18.4. The zero-order valence-electron chi connectivity index (χ0n) is 15.4. The first-order chi connectivity index (χ1) is 13.5. The van der Waals surface area contributed by atoms with Crippen molar-refractivity contribution in [2.24, 2.45) is 7.05 Å². The lowest BCUT2D eigenvalue weighted by Gasteiger charge is -2.20. The summed E-state index contributed by atoms with van der Waals surface area (Å²) in [6.07, 6.45) is -0.0269. The topological polar surface area (TPSA) is 99.0 Å². The van der Waals surface area contributed by atoms with Crippen LogP contribution in [0.15, 0.2) is 47.4 Å². The van der Waals surface area contributed by atoms with Crippen molar-refractivity contribution in [1.82, 2.24) is 9.88 Å². The standard InChI is InChI=1S/C20H22N2O6/c1-22-8-7-14(23)18(26-9-12-5-3-2-4-6-12)16(22)20(25)21-13-10-27-19-15(24)11-28-17(13)19/h2-8,13,15,17,19,24H,9-11H2,1H3,(H,21,25)/t13-,15-,17+,19+/m0/s1. The zero-order valence-corrected chi connectivity index (χ0v) is 15.4. The van der Waals surface area contributed by atoms with Gasteiger partial charge >= 0.3 is 0 Å². The maximum Gasteiger partial charge on any atom is 0.272 e. The molecule has 0 bridgehead atoms. The van der Waals surface area contributed by atoms with Gasteiger partial charge in [-0.15, -0.1) is 0 Å². The highest BCUT2D eigenvalue weighted by atomic mass is 16.6. The van der Waals surface area contributed by atoms with Gasteiger partial charge in [-0.25, -0.2) is 0 Å². The zero-order chi connectivity index (χ0) is 19.7. The van der Waals surface area contributed by atoms with E-state index in [9.17, 15) is 14.7 Å². The molecule has 0 spiro atoms. The molecule has 28 heavy (non-hydrogen) atoms. The fourth-order valence-electron chi connectivity index (χ4n) is 3.58. The number of carbonyl (C=O) groups is 1. The van der Waals surface area contributed by atoms with E-state index in [0.717, 1.165) is 5.56 Å². The second kappa shape index (κ2) is 7.75. The van der Waals surface area contributed by atoms with E-state index in [1.807, 2.05) is 30.3 Å². The van der Waals surface area contributed by atoms with Gasteiger partial charge in [-0.2, -0.15) is 0 Å². The largest absolute Gasteiger partial charge is 0.483 e. The molecule has 0 saturated carbocycles. The molecule has 8 heteroatoms. The third kappa shape index (κ3) is 3.54. The summed E-state index contributed by atoms with van der Waals surface area (Å²) in [5, 5.41) is 12.7. The second-order valence-corrected chi connectivity index (χ2v) is 6.99. The molecule has 0 aliphatic carbocycles. The van der Waals surface area contributed by atoms with Gasteiger partial charge in [0.2, 0.25) is 5.43 Å². The van der Waals surface area contributed by atoms with E-state index < -0.39 is 30.3 Å². The van der Waals surface area contributed by atoms with Crippen molar-refractivity contribution in [3.63, 3.8) is 0 Å². The molecular weight excluding hydrogens is 364 g/mol. The van der Waals surface area contributed by atoms with Crippen molar-refractivity contribution in [3.8, 4) is 5.75 Å². The van der Waals surface area contributed by atoms with Crippen LogP contribution in [0.1, 0.15) is 16.1 Å². The number of aryl methyl sites for hydroxylation is 1. The van der Waals surface area contributed by atoms with Crippen LogP contribution < -0.4 is 15.5 Å². The molecule has 1 aromatic carbocycles. The van der Waals surface area contributed by atoms with E-state index in [-0.39, 0.29) is 36.7 Å². The number of aromatic nitrogens is 1. The number of aliphatic hydroxyl groups is 1. The minimum Gasteiger partial charge on any atom is -0.483 e. The van der Waals surface area contributed by atoms with E-state index >= 15 is 0 Å². The predicted molar refractivity (Wildman–Crippen MR) is 99.2 cm³/mol. The fraction of sp³-hybridized carbons (Fsp3) is 0.400. The molecule has 4 rings (SSSR count). The van der Waals surface area contributed by atoms with E-state index in [2.05, 4.69) is 5.32 Å². The van der Waals surface area contributed by atoms with Gasteiger partial charge in [0.25, 0.3) is 5.91 Å². The second-order valence-electron chi connectivity index (χ2n) is 6.99. The predicted octanol–water partition coefficient (Wildman–Crippen LogP) is 0.221. The van der Waals surface area contributed by atoms with Crippen molar-refractivity contribution in [1.29, 1.82) is 0 Å². The highest BCUT2D eigenvalue weighted by Crippen LogP contribution is 2.27. The average Bonchev–Trinajstić information content (AvgIpc) is 3.26. The lowest BCUT2D eigenvalue weighted by Crippen LogP contribution is -2.45. The number of carbonyl (C=O) groups excluding carboxylic acids is 1. The van der Waals surface area contributed by atoms with Crippen molar-refractivity contribution in [2.45, 2.75) is 31.0 Å². The quantitative estimate of drug-likeness (QED) is 0.763. The van der Waals surface area contributed by atoms with Crippen LogP contribution in [0, 0.1) is 0 Å². The number of fused-ring (bicyclic) bond motifs is 1. The Bertz CT molecular complexity index is 913. The Morgan fingerprint density at radius 3 is 2.75 bits per heavy atom. The molecule has 1 amide bonds.